The number of phenolic OH excluding ortho intramolecular Hbond substituents is 2. The van der Waals surface area contributed by atoms with Gasteiger partial charge in [-0.15, -0.1) is 0 Å². The number of hydrogen-bond donors (Lipinski definition) is 8. The van der Waals surface area contributed by atoms with Gasteiger partial charge in [-0.3, -0.25) is 30.3 Å². The van der Waals surface area contributed by atoms with Crippen molar-refractivity contribution in [2.75, 3.05) is 46.4 Å². The number of rotatable bonds is 9. The van der Waals surface area contributed by atoms with Gasteiger partial charge in [0.15, 0.2) is 11.6 Å². The van der Waals surface area contributed by atoms with Crippen LogP contribution in [0.25, 0.3) is 171 Å². The lowest BCUT2D eigenvalue weighted by atomic mass is 9.85. The minimum atomic E-state index is -1.24. The van der Waals surface area contributed by atoms with Crippen LogP contribution in [0.1, 0.15) is 142 Å². The fourth-order valence-electron chi connectivity index (χ4n) is 22.8. The van der Waals surface area contributed by atoms with E-state index in [1.807, 2.05) is 79.4 Å². The average molecular weight is 1850 g/mol. The molecule has 0 amide bonds. The van der Waals surface area contributed by atoms with E-state index in [1.165, 1.54) is 144 Å². The summed E-state index contributed by atoms with van der Waals surface area (Å²) in [5, 5.41) is 87.5. The molecule has 0 bridgehead atoms. The number of allylic oxidation sites excluding steroid dienone is 1. The number of aromatic hydroxyl groups is 2. The number of aromatic amines is 5. The van der Waals surface area contributed by atoms with Crippen LogP contribution in [-0.4, -0.2) is 142 Å². The second-order valence-corrected chi connectivity index (χ2v) is 37.2. The molecular formula is C113H96F4N18O4. The number of β-amino-alcohol motifs (C(OH)–C–C–N with tert-alkyl or cyclic N) is 1. The van der Waals surface area contributed by atoms with E-state index in [1.54, 1.807) is 49.7 Å². The summed E-state index contributed by atoms with van der Waals surface area (Å²) in [5.74, 6) is -3.12. The second kappa shape index (κ2) is 36.7. The first-order valence-electron chi connectivity index (χ1n) is 48.1. The molecular weight excluding hydrogens is 1750 g/mol. The molecule has 0 atom stereocenters. The maximum Gasteiger partial charge on any atom is 0.201 e. The molecule has 6 aliphatic carbocycles. The minimum Gasteiger partial charge on any atom is -0.508 e. The van der Waals surface area contributed by atoms with Crippen LogP contribution in [0.5, 0.6) is 17.2 Å². The number of nitrogens with zero attached hydrogens (tertiary/aromatic N) is 13. The van der Waals surface area contributed by atoms with Gasteiger partial charge in [0, 0.05) is 144 Å². The number of aliphatic hydroxyl groups excluding tert-OH is 1. The van der Waals surface area contributed by atoms with E-state index in [4.69, 9.17) is 24.7 Å². The number of methoxy groups -OCH3 is 1. The highest BCUT2D eigenvalue weighted by Crippen LogP contribution is 2.48. The number of benzene rings is 10. The first kappa shape index (κ1) is 87.3. The Morgan fingerprint density at radius 1 is 0.396 bits per heavy atom. The first-order chi connectivity index (χ1) is 68.2. The van der Waals surface area contributed by atoms with Crippen molar-refractivity contribution >= 4 is 115 Å². The number of aryl methyl sites for hydroxylation is 5. The lowest BCUT2D eigenvalue weighted by Gasteiger charge is -2.36. The molecule has 0 unspecified atom stereocenters. The maximum absolute atomic E-state index is 14.5. The van der Waals surface area contributed by atoms with Gasteiger partial charge in [0.25, 0.3) is 0 Å². The van der Waals surface area contributed by atoms with Crippen LogP contribution in [0.15, 0.2) is 189 Å². The van der Waals surface area contributed by atoms with Crippen LogP contribution in [0, 0.1) is 45.9 Å². The predicted molar refractivity (Wildman–Crippen MR) is 535 cm³/mol. The quantitative estimate of drug-likeness (QED) is 0.0623. The van der Waals surface area contributed by atoms with Gasteiger partial charge in [-0.1, -0.05) is 18.2 Å². The average Bonchev–Trinajstić information content (AvgIpc) is 1.75. The summed E-state index contributed by atoms with van der Waals surface area (Å²) in [7, 11) is 1.63. The largest absolute Gasteiger partial charge is 0.508 e. The Balaban J connectivity index is 0.0000000977. The number of halogens is 4. The molecule has 10 aromatic heterocycles. The van der Waals surface area contributed by atoms with Crippen LogP contribution in [0.3, 0.4) is 0 Å². The van der Waals surface area contributed by atoms with Crippen molar-refractivity contribution in [3.63, 3.8) is 0 Å². The van der Waals surface area contributed by atoms with Crippen molar-refractivity contribution in [2.45, 2.75) is 135 Å². The van der Waals surface area contributed by atoms with Crippen molar-refractivity contribution in [1.82, 2.24) is 80.5 Å². The zero-order valence-corrected chi connectivity index (χ0v) is 76.6. The van der Waals surface area contributed by atoms with E-state index in [2.05, 4.69) is 115 Å². The van der Waals surface area contributed by atoms with Crippen LogP contribution < -0.4 is 4.74 Å². The third-order valence-corrected chi connectivity index (χ3v) is 29.4. The molecule has 1 aliphatic heterocycles. The molecule has 10 aromatic carbocycles. The normalized spacial score (nSPS) is 14.9. The number of fused-ring (bicyclic) bond motifs is 26. The zero-order valence-electron chi connectivity index (χ0n) is 76.6. The molecule has 22 nitrogen and oxygen atoms in total. The molecule has 26 heteroatoms. The molecule has 8 N–H and O–H groups in total. The first-order valence-corrected chi connectivity index (χ1v) is 48.1. The fourth-order valence-corrected chi connectivity index (χ4v) is 22.8. The van der Waals surface area contributed by atoms with Gasteiger partial charge in [0.05, 0.1) is 122 Å². The van der Waals surface area contributed by atoms with Crippen molar-refractivity contribution in [3.05, 3.63) is 290 Å². The zero-order chi connectivity index (χ0) is 94.2. The third kappa shape index (κ3) is 15.7. The molecule has 139 heavy (non-hydrogen) atoms. The molecule has 11 heterocycles. The molecule has 27 rings (SSSR count). The van der Waals surface area contributed by atoms with Crippen molar-refractivity contribution in [3.8, 4) is 85.7 Å². The topological polar surface area (TPSA) is 319 Å². The Bertz CT molecular complexity index is 8310. The highest BCUT2D eigenvalue weighted by atomic mass is 19.2. The number of pyridine rings is 5. The Labute approximate surface area is 795 Å². The smallest absolute Gasteiger partial charge is 0.201 e. The number of nitrogens with one attached hydrogen (secondary N) is 5. The third-order valence-electron chi connectivity index (χ3n) is 29.4. The number of H-pyrrole nitrogens is 5. The maximum atomic E-state index is 14.5. The van der Waals surface area contributed by atoms with E-state index in [0.29, 0.717) is 11.4 Å². The van der Waals surface area contributed by atoms with Gasteiger partial charge >= 0.3 is 0 Å². The summed E-state index contributed by atoms with van der Waals surface area (Å²) in [6.07, 6.45) is 34.0. The highest BCUT2D eigenvalue weighted by molar-refractivity contribution is 6.13. The number of phenols is 2. The SMILES string of the molecule is COc1cc(O)ccc1-c1nc2ccc3[nH]ncc3c2c2c1CCCC2.N#Cc1cc(-c2[nH]c3ccc4nccc4c3c3c2CCCC3)ccc1F.N#Cc1cc(-c2nc3ccc4[nH]ncc4c3c3c2CCCC3)ccc1F.OCCN1CCN(C2=CCc3ccc(-c4nc5ccc6[nH]ncc6c5c5c4CCCC5)cc32)CC1.Oc1ccc(-c2nc3ccc4[nH]ncc4c3c3c2CCCC3)c(F)c1F. The van der Waals surface area contributed by atoms with Crippen molar-refractivity contribution < 1.29 is 37.6 Å². The van der Waals surface area contributed by atoms with E-state index in [0.717, 1.165) is 275 Å². The molecule has 7 aliphatic rings. The van der Waals surface area contributed by atoms with Gasteiger partial charge in [-0.05, 0) is 335 Å². The van der Waals surface area contributed by atoms with Crippen LogP contribution in [-0.2, 0) is 70.6 Å². The van der Waals surface area contributed by atoms with Gasteiger partial charge < -0.3 is 29.9 Å². The predicted octanol–water partition coefficient (Wildman–Crippen LogP) is 23.1. The fraction of sp³-hybridized carbons (Fsp3) is 0.248. The summed E-state index contributed by atoms with van der Waals surface area (Å²) >= 11 is 0. The molecule has 0 radical (unpaired) electrons. The van der Waals surface area contributed by atoms with Gasteiger partial charge in [-0.2, -0.15) is 35.3 Å². The second-order valence-electron chi connectivity index (χ2n) is 37.2. The lowest BCUT2D eigenvalue weighted by molar-refractivity contribution is 0.143. The summed E-state index contributed by atoms with van der Waals surface area (Å²) in [6.45, 7) is 5.06. The molecule has 0 spiro atoms. The van der Waals surface area contributed by atoms with Crippen molar-refractivity contribution in [1.29, 1.82) is 10.5 Å². The molecule has 1 saturated heterocycles. The van der Waals surface area contributed by atoms with Crippen LogP contribution >= 0.6 is 0 Å². The monoisotopic (exact) mass is 1840 g/mol. The van der Waals surface area contributed by atoms with E-state index in [9.17, 15) is 43.4 Å². The summed E-state index contributed by atoms with van der Waals surface area (Å²) in [5.41, 5.74) is 35.4. The summed E-state index contributed by atoms with van der Waals surface area (Å²) in [4.78, 5) is 32.8. The van der Waals surface area contributed by atoms with Crippen LogP contribution in [0.4, 0.5) is 17.6 Å². The van der Waals surface area contributed by atoms with Gasteiger partial charge in [-0.25, -0.2) is 33.1 Å². The number of ether oxygens (including phenoxy) is 1. The summed E-state index contributed by atoms with van der Waals surface area (Å²) < 4.78 is 61.5. The number of nitriles is 2. The van der Waals surface area contributed by atoms with Crippen LogP contribution in [0.2, 0.25) is 0 Å². The number of aromatic nitrogens is 14. The standard InChI is InChI=1S/C29H31N5O.C22H16FN3.C21H15FN4.C21H19N3O2.C20H15F2N3O/c35-16-15-33-11-13-34(14-12-33)27-10-7-19-5-6-20(17-23(19)27)29-22-4-2-1-3-21(22)28-24-18-30-32-25(24)8-9-26(28)31-29;23-18-6-5-13(11-14(18)12-24)22-16-4-2-1-3-15(16)21-17-9-10-25-19(17)7-8-20(21)26-22;22-17-6-5-12(9-13(17)10-23)21-15-4-2-1-3-14(15)20-16-11-24-26-18(16)7-8-19(20)25-21;1-26-19-10-12(25)6-7-15(19)21-14-5-3-2-4-13(14)20-16-11-22-24-17(16)8-9-18(20)23-21;21-18-12(5-8-16(26)19(18)22)20-11-4-2-1-3-10(11)17-13-9-23-25-14(13)6-7-15(17)24-20/h5-6,8-10,17-18,35H,1-4,7,11-16H2,(H,30,32);5-11,26H,1-4H2;5-9,11H,1-4H2,(H,24,26);6-11,25H,2-5H2,1H3,(H,22,24);5-9,26H,1-4H2,(H,23,25). The number of hydrogen-bond acceptors (Lipinski definition) is 17. The Kier molecular flexibility index (Phi) is 23.0. The Morgan fingerprint density at radius 3 is 1.32 bits per heavy atom. The summed E-state index contributed by atoms with van der Waals surface area (Å²) in [6, 6.07) is 50.4. The Hall–Kier alpha value is -15.8. The number of aliphatic hydroxyl groups is 1. The van der Waals surface area contributed by atoms with E-state index in [-0.39, 0.29) is 29.0 Å². The highest BCUT2D eigenvalue weighted by Gasteiger charge is 2.32. The lowest BCUT2D eigenvalue weighted by Crippen LogP contribution is -2.46. The van der Waals surface area contributed by atoms with Crippen molar-refractivity contribution in [2.24, 2.45) is 0 Å². The van der Waals surface area contributed by atoms with E-state index < -0.39 is 29.0 Å². The minimum absolute atomic E-state index is 0.0549. The molecule has 20 aromatic rings. The van der Waals surface area contributed by atoms with Gasteiger partial charge in [0.2, 0.25) is 5.82 Å². The number of piperazine rings is 1. The molecule has 1 fully saturated rings. The van der Waals surface area contributed by atoms with Gasteiger partial charge in [0.1, 0.15) is 35.3 Å². The molecule has 690 valence electrons. The molecule has 0 saturated carbocycles. The van der Waals surface area contributed by atoms with E-state index >= 15 is 0 Å². The Morgan fingerprint density at radius 2 is 0.820 bits per heavy atom.